The third-order valence-electron chi connectivity index (χ3n) is 6.18. The number of carbonyl (C=O) groups excluding carboxylic acids is 1. The van der Waals surface area contributed by atoms with Gasteiger partial charge in [-0.2, -0.15) is 0 Å². The molecular formula is C23H31N3O2. The van der Waals surface area contributed by atoms with Crippen LogP contribution in [0.2, 0.25) is 0 Å². The fraction of sp³-hybridized carbons (Fsp3) is 0.522. The van der Waals surface area contributed by atoms with Gasteiger partial charge in [0.2, 0.25) is 0 Å². The lowest BCUT2D eigenvalue weighted by Crippen LogP contribution is -2.60. The summed E-state index contributed by atoms with van der Waals surface area (Å²) in [4.78, 5) is 14.3. The molecule has 0 radical (unpaired) electrons. The molecule has 1 atom stereocenters. The monoisotopic (exact) mass is 381 g/mol. The third kappa shape index (κ3) is 3.95. The van der Waals surface area contributed by atoms with Gasteiger partial charge in [-0.1, -0.05) is 44.2 Å². The Hall–Kier alpha value is -2.27. The molecule has 0 aliphatic carbocycles. The molecule has 0 bridgehead atoms. The smallest absolute Gasteiger partial charge is 0.410 e. The van der Waals surface area contributed by atoms with Crippen LogP contribution in [0.15, 0.2) is 48.8 Å². The number of rotatable bonds is 5. The number of hydrogen-bond acceptors (Lipinski definition) is 3. The number of likely N-dealkylation sites (tertiary alicyclic amines) is 1. The predicted molar refractivity (Wildman–Crippen MR) is 110 cm³/mol. The summed E-state index contributed by atoms with van der Waals surface area (Å²) in [6, 6.07) is 12.5. The maximum Gasteiger partial charge on any atom is 0.410 e. The second kappa shape index (κ2) is 8.00. The SMILES string of the molecule is CC(C)Cn1ccc([C@H]2NCC23CCN(C(=O)OCc2ccccc2)CC3)c1. The van der Waals surface area contributed by atoms with Crippen LogP contribution in [0.4, 0.5) is 4.79 Å². The molecule has 1 spiro atoms. The zero-order valence-electron chi connectivity index (χ0n) is 16.9. The van der Waals surface area contributed by atoms with Crippen LogP contribution >= 0.6 is 0 Å². The zero-order valence-corrected chi connectivity index (χ0v) is 16.9. The van der Waals surface area contributed by atoms with E-state index in [1.807, 2.05) is 35.2 Å². The largest absolute Gasteiger partial charge is 0.445 e. The van der Waals surface area contributed by atoms with E-state index in [2.05, 4.69) is 42.2 Å². The Kier molecular flexibility index (Phi) is 5.44. The maximum absolute atomic E-state index is 12.4. The van der Waals surface area contributed by atoms with E-state index in [1.165, 1.54) is 5.56 Å². The van der Waals surface area contributed by atoms with Crippen molar-refractivity contribution in [3.05, 3.63) is 59.9 Å². The first-order valence-corrected chi connectivity index (χ1v) is 10.4. The molecular weight excluding hydrogens is 350 g/mol. The van der Waals surface area contributed by atoms with Gasteiger partial charge in [0.05, 0.1) is 0 Å². The summed E-state index contributed by atoms with van der Waals surface area (Å²) in [5.74, 6) is 0.647. The van der Waals surface area contributed by atoms with E-state index in [0.29, 0.717) is 18.6 Å². The summed E-state index contributed by atoms with van der Waals surface area (Å²) >= 11 is 0. The van der Waals surface area contributed by atoms with Crippen LogP contribution in [0.3, 0.4) is 0 Å². The molecule has 0 unspecified atom stereocenters. The van der Waals surface area contributed by atoms with Crippen LogP contribution in [0.1, 0.15) is 43.9 Å². The molecule has 5 heteroatoms. The van der Waals surface area contributed by atoms with Crippen molar-refractivity contribution in [2.75, 3.05) is 19.6 Å². The zero-order chi connectivity index (χ0) is 19.6. The maximum atomic E-state index is 12.4. The Bertz CT molecular complexity index is 791. The highest BCUT2D eigenvalue weighted by atomic mass is 16.6. The predicted octanol–water partition coefficient (Wildman–Crippen LogP) is 4.21. The lowest BCUT2D eigenvalue weighted by molar-refractivity contribution is 0.0000718. The van der Waals surface area contributed by atoms with Gasteiger partial charge < -0.3 is 19.5 Å². The van der Waals surface area contributed by atoms with Crippen molar-refractivity contribution in [2.45, 2.75) is 45.9 Å². The number of benzene rings is 1. The number of hydrogen-bond donors (Lipinski definition) is 1. The first-order chi connectivity index (χ1) is 13.6. The van der Waals surface area contributed by atoms with Crippen molar-refractivity contribution in [3.8, 4) is 0 Å². The molecule has 2 fully saturated rings. The van der Waals surface area contributed by atoms with E-state index in [-0.39, 0.29) is 11.5 Å². The summed E-state index contributed by atoms with van der Waals surface area (Å²) in [6.07, 6.45) is 6.35. The Morgan fingerprint density at radius 3 is 2.61 bits per heavy atom. The van der Waals surface area contributed by atoms with Crippen molar-refractivity contribution in [2.24, 2.45) is 11.3 Å². The Morgan fingerprint density at radius 2 is 1.96 bits per heavy atom. The van der Waals surface area contributed by atoms with E-state index in [4.69, 9.17) is 4.74 Å². The second-order valence-corrected chi connectivity index (χ2v) is 8.74. The minimum absolute atomic E-state index is 0.189. The van der Waals surface area contributed by atoms with E-state index < -0.39 is 0 Å². The molecule has 2 aliphatic rings. The lowest BCUT2D eigenvalue weighted by atomic mass is 9.65. The molecule has 2 aliphatic heterocycles. The first-order valence-electron chi connectivity index (χ1n) is 10.4. The van der Waals surface area contributed by atoms with E-state index >= 15 is 0 Å². The minimum Gasteiger partial charge on any atom is -0.445 e. The van der Waals surface area contributed by atoms with Crippen LogP contribution in [0, 0.1) is 11.3 Å². The number of carbonyl (C=O) groups is 1. The second-order valence-electron chi connectivity index (χ2n) is 8.74. The summed E-state index contributed by atoms with van der Waals surface area (Å²) in [5.41, 5.74) is 2.69. The first kappa shape index (κ1) is 19.1. The normalized spacial score (nSPS) is 21.0. The molecule has 1 aromatic carbocycles. The number of aromatic nitrogens is 1. The van der Waals surface area contributed by atoms with Gasteiger partial charge in [-0.05, 0) is 36.0 Å². The van der Waals surface area contributed by atoms with Gasteiger partial charge in [0.15, 0.2) is 0 Å². The van der Waals surface area contributed by atoms with Crippen molar-refractivity contribution >= 4 is 6.09 Å². The Labute approximate surface area is 167 Å². The summed E-state index contributed by atoms with van der Waals surface area (Å²) in [5, 5.41) is 3.63. The Balaban J connectivity index is 1.30. The molecule has 0 saturated carbocycles. The van der Waals surface area contributed by atoms with Crippen LogP contribution in [-0.2, 0) is 17.9 Å². The molecule has 3 heterocycles. The van der Waals surface area contributed by atoms with Crippen LogP contribution < -0.4 is 5.32 Å². The molecule has 5 nitrogen and oxygen atoms in total. The molecule has 2 saturated heterocycles. The van der Waals surface area contributed by atoms with Crippen molar-refractivity contribution in [3.63, 3.8) is 0 Å². The fourth-order valence-corrected chi connectivity index (χ4v) is 4.54. The highest BCUT2D eigenvalue weighted by Gasteiger charge is 2.49. The number of amides is 1. The lowest BCUT2D eigenvalue weighted by Gasteiger charge is -2.54. The molecule has 1 N–H and O–H groups in total. The van der Waals surface area contributed by atoms with Gasteiger partial charge in [-0.15, -0.1) is 0 Å². The molecule has 28 heavy (non-hydrogen) atoms. The number of piperidine rings is 1. The standard InChI is InChI=1S/C23H31N3O2/c1-18(2)14-25-11-8-20(15-25)21-23(17-24-21)9-12-26(13-10-23)22(27)28-16-19-6-4-3-5-7-19/h3-8,11,15,18,21,24H,9-10,12-14,16-17H2,1-2H3/t21-/m1/s1. The fourth-order valence-electron chi connectivity index (χ4n) is 4.54. The average molecular weight is 382 g/mol. The number of nitrogens with one attached hydrogen (secondary N) is 1. The molecule has 2 aromatic rings. The molecule has 1 amide bonds. The average Bonchev–Trinajstić information content (AvgIpc) is 3.12. The van der Waals surface area contributed by atoms with Gasteiger partial charge >= 0.3 is 6.09 Å². The van der Waals surface area contributed by atoms with E-state index in [1.54, 1.807) is 0 Å². The minimum atomic E-state index is -0.189. The topological polar surface area (TPSA) is 46.5 Å². The third-order valence-corrected chi connectivity index (χ3v) is 6.18. The van der Waals surface area contributed by atoms with Crippen LogP contribution in [-0.4, -0.2) is 35.2 Å². The number of ether oxygens (including phenoxy) is 1. The van der Waals surface area contributed by atoms with Crippen molar-refractivity contribution in [1.82, 2.24) is 14.8 Å². The summed E-state index contributed by atoms with van der Waals surface area (Å²) < 4.78 is 7.80. The van der Waals surface area contributed by atoms with Gasteiger partial charge in [0.1, 0.15) is 6.61 Å². The highest BCUT2D eigenvalue weighted by Crippen LogP contribution is 2.48. The number of nitrogens with zero attached hydrogens (tertiary/aromatic N) is 2. The van der Waals surface area contributed by atoms with E-state index in [0.717, 1.165) is 44.6 Å². The van der Waals surface area contributed by atoms with Gasteiger partial charge in [0, 0.05) is 50.0 Å². The van der Waals surface area contributed by atoms with Gasteiger partial charge in [-0.25, -0.2) is 4.79 Å². The Morgan fingerprint density at radius 1 is 1.21 bits per heavy atom. The summed E-state index contributed by atoms with van der Waals surface area (Å²) in [7, 11) is 0. The van der Waals surface area contributed by atoms with Crippen molar-refractivity contribution < 1.29 is 9.53 Å². The van der Waals surface area contributed by atoms with Gasteiger partial charge in [0.25, 0.3) is 0 Å². The van der Waals surface area contributed by atoms with Crippen LogP contribution in [0.25, 0.3) is 0 Å². The van der Waals surface area contributed by atoms with E-state index in [9.17, 15) is 4.79 Å². The molecule has 1 aromatic heterocycles. The molecule has 4 rings (SSSR count). The quantitative estimate of drug-likeness (QED) is 0.844. The van der Waals surface area contributed by atoms with Crippen LogP contribution in [0.5, 0.6) is 0 Å². The highest BCUT2D eigenvalue weighted by molar-refractivity contribution is 5.67. The summed E-state index contributed by atoms with van der Waals surface area (Å²) in [6.45, 7) is 8.48. The molecule has 150 valence electrons. The van der Waals surface area contributed by atoms with Gasteiger partial charge in [-0.3, -0.25) is 0 Å². The van der Waals surface area contributed by atoms with Crippen molar-refractivity contribution in [1.29, 1.82) is 0 Å².